The van der Waals surface area contributed by atoms with E-state index in [2.05, 4.69) is 23.5 Å². The lowest BCUT2D eigenvalue weighted by molar-refractivity contribution is -0.140. The lowest BCUT2D eigenvalue weighted by Gasteiger charge is -2.26. The van der Waals surface area contributed by atoms with Gasteiger partial charge in [0.05, 0.1) is 6.10 Å². The van der Waals surface area contributed by atoms with E-state index in [1.54, 1.807) is 0 Å². The van der Waals surface area contributed by atoms with Crippen LogP contribution in [0.4, 0.5) is 0 Å². The molecule has 2 rings (SSSR count). The number of carbonyl (C=O) groups is 1. The summed E-state index contributed by atoms with van der Waals surface area (Å²) in [6, 6.07) is 8.01. The Morgan fingerprint density at radius 1 is 1.43 bits per heavy atom. The van der Waals surface area contributed by atoms with E-state index in [-0.39, 0.29) is 12.1 Å². The van der Waals surface area contributed by atoms with E-state index in [1.807, 2.05) is 19.9 Å². The molecular formula is C17H25NO3. The third-order valence-corrected chi connectivity index (χ3v) is 3.87. The zero-order valence-corrected chi connectivity index (χ0v) is 12.8. The molecule has 0 fully saturated rings. The maximum absolute atomic E-state index is 11.2. The van der Waals surface area contributed by atoms with Gasteiger partial charge in [0.15, 0.2) is 0 Å². The summed E-state index contributed by atoms with van der Waals surface area (Å²) in [7, 11) is 0. The van der Waals surface area contributed by atoms with Crippen LogP contribution in [0.3, 0.4) is 0 Å². The Kier molecular flexibility index (Phi) is 5.76. The maximum atomic E-state index is 11.2. The fourth-order valence-electron chi connectivity index (χ4n) is 2.89. The van der Waals surface area contributed by atoms with E-state index in [9.17, 15) is 9.90 Å². The van der Waals surface area contributed by atoms with Gasteiger partial charge in [-0.1, -0.05) is 38.1 Å². The monoisotopic (exact) mass is 291 g/mol. The third-order valence-electron chi connectivity index (χ3n) is 3.87. The van der Waals surface area contributed by atoms with Crippen molar-refractivity contribution in [2.24, 2.45) is 0 Å². The Balaban J connectivity index is 1.87. The Hall–Kier alpha value is -1.39. The van der Waals surface area contributed by atoms with E-state index in [4.69, 9.17) is 4.74 Å². The van der Waals surface area contributed by atoms with Crippen molar-refractivity contribution in [3.05, 3.63) is 35.4 Å². The van der Waals surface area contributed by atoms with Crippen molar-refractivity contribution in [2.45, 2.75) is 57.7 Å². The van der Waals surface area contributed by atoms with E-state index >= 15 is 0 Å². The maximum Gasteiger partial charge on any atom is 0.320 e. The zero-order valence-electron chi connectivity index (χ0n) is 12.8. The highest BCUT2D eigenvalue weighted by Crippen LogP contribution is 2.32. The van der Waals surface area contributed by atoms with Gasteiger partial charge >= 0.3 is 5.97 Å². The molecule has 21 heavy (non-hydrogen) atoms. The molecule has 0 aromatic heterocycles. The Labute approximate surface area is 126 Å². The van der Waals surface area contributed by atoms with Gasteiger partial charge in [-0.15, -0.1) is 0 Å². The van der Waals surface area contributed by atoms with Gasteiger partial charge in [0.2, 0.25) is 0 Å². The van der Waals surface area contributed by atoms with Crippen LogP contribution in [-0.4, -0.2) is 29.8 Å². The number of hydrogen-bond donors (Lipinski definition) is 2. The van der Waals surface area contributed by atoms with E-state index < -0.39 is 12.0 Å². The second-order valence-electron chi connectivity index (χ2n) is 5.95. The summed E-state index contributed by atoms with van der Waals surface area (Å²) in [5.74, 6) is -0.809. The predicted molar refractivity (Wildman–Crippen MR) is 82.4 cm³/mol. The fourth-order valence-corrected chi connectivity index (χ4v) is 2.89. The Morgan fingerprint density at radius 3 is 2.90 bits per heavy atom. The number of aryl methyl sites for hydroxylation is 1. The molecule has 0 aliphatic heterocycles. The van der Waals surface area contributed by atoms with E-state index in [0.29, 0.717) is 13.0 Å². The average molecular weight is 291 g/mol. The normalized spacial score (nSPS) is 19.3. The summed E-state index contributed by atoms with van der Waals surface area (Å²) in [5, 5.41) is 12.3. The smallest absolute Gasteiger partial charge is 0.320 e. The van der Waals surface area contributed by atoms with E-state index in [1.165, 1.54) is 11.1 Å². The summed E-state index contributed by atoms with van der Waals surface area (Å²) in [4.78, 5) is 11.2. The zero-order chi connectivity index (χ0) is 15.2. The summed E-state index contributed by atoms with van der Waals surface area (Å²) < 4.78 is 5.97. The molecule has 0 radical (unpaired) electrons. The topological polar surface area (TPSA) is 58.6 Å². The summed E-state index contributed by atoms with van der Waals surface area (Å²) in [6.45, 7) is 4.37. The number of carboxylic acids is 1. The van der Waals surface area contributed by atoms with E-state index in [0.717, 1.165) is 19.3 Å². The van der Waals surface area contributed by atoms with Crippen molar-refractivity contribution in [2.75, 3.05) is 6.61 Å². The molecule has 0 amide bonds. The molecule has 116 valence electrons. The van der Waals surface area contributed by atoms with Crippen LogP contribution >= 0.6 is 0 Å². The molecule has 4 nitrogen and oxygen atoms in total. The van der Waals surface area contributed by atoms with Crippen molar-refractivity contribution in [1.29, 1.82) is 0 Å². The van der Waals surface area contributed by atoms with Crippen LogP contribution in [0.5, 0.6) is 0 Å². The molecule has 1 aliphatic carbocycles. The minimum absolute atomic E-state index is 0.114. The largest absolute Gasteiger partial charge is 0.480 e. The SMILES string of the molecule is CC(C)NC(CCOC1CCCc2ccccc21)C(=O)O. The minimum Gasteiger partial charge on any atom is -0.480 e. The fraction of sp³-hybridized carbons (Fsp3) is 0.588. The van der Waals surface area contributed by atoms with Gasteiger partial charge < -0.3 is 15.2 Å². The van der Waals surface area contributed by atoms with Crippen LogP contribution < -0.4 is 5.32 Å². The van der Waals surface area contributed by atoms with Crippen LogP contribution in [0.25, 0.3) is 0 Å². The molecular weight excluding hydrogens is 266 g/mol. The van der Waals surface area contributed by atoms with Gasteiger partial charge in [-0.25, -0.2) is 0 Å². The number of nitrogens with one attached hydrogen (secondary N) is 1. The molecule has 1 aliphatic rings. The third kappa shape index (κ3) is 4.55. The molecule has 0 saturated heterocycles. The molecule has 4 heteroatoms. The standard InChI is InChI=1S/C17H25NO3/c1-12(2)18-15(17(19)20)10-11-21-16-9-5-7-13-6-3-4-8-14(13)16/h3-4,6,8,12,15-16,18H,5,7,9-11H2,1-2H3,(H,19,20). The number of aliphatic carboxylic acids is 1. The molecule has 1 aromatic carbocycles. The van der Waals surface area contributed by atoms with Crippen LogP contribution in [-0.2, 0) is 16.0 Å². The molecule has 0 spiro atoms. The molecule has 2 N–H and O–H groups in total. The second kappa shape index (κ2) is 7.57. The van der Waals surface area contributed by atoms with Gasteiger partial charge in [-0.05, 0) is 36.8 Å². The minimum atomic E-state index is -0.809. The molecule has 2 atom stereocenters. The van der Waals surface area contributed by atoms with Crippen molar-refractivity contribution in [3.8, 4) is 0 Å². The molecule has 0 bridgehead atoms. The number of hydrogen-bond acceptors (Lipinski definition) is 3. The van der Waals surface area contributed by atoms with Crippen LogP contribution in [0.15, 0.2) is 24.3 Å². The summed E-state index contributed by atoms with van der Waals surface area (Å²) in [5.41, 5.74) is 2.64. The average Bonchev–Trinajstić information content (AvgIpc) is 2.46. The molecule has 1 aromatic rings. The van der Waals surface area contributed by atoms with Gasteiger partial charge in [0, 0.05) is 12.6 Å². The molecule has 0 saturated carbocycles. The number of fused-ring (bicyclic) bond motifs is 1. The predicted octanol–water partition coefficient (Wildman–Crippen LogP) is 2.92. The number of ether oxygens (including phenoxy) is 1. The highest BCUT2D eigenvalue weighted by Gasteiger charge is 2.22. The quantitative estimate of drug-likeness (QED) is 0.811. The first kappa shape index (κ1) is 16.0. The molecule has 0 heterocycles. The molecule has 2 unspecified atom stereocenters. The lowest BCUT2D eigenvalue weighted by Crippen LogP contribution is -2.41. The van der Waals surface area contributed by atoms with Crippen molar-refractivity contribution in [1.82, 2.24) is 5.32 Å². The summed E-state index contributed by atoms with van der Waals surface area (Å²) >= 11 is 0. The first-order valence-electron chi connectivity index (χ1n) is 7.76. The number of carboxylic acid groups (broad SMARTS) is 1. The first-order valence-corrected chi connectivity index (χ1v) is 7.76. The number of benzene rings is 1. The van der Waals surface area contributed by atoms with Crippen molar-refractivity contribution in [3.63, 3.8) is 0 Å². The van der Waals surface area contributed by atoms with Crippen LogP contribution in [0.2, 0.25) is 0 Å². The van der Waals surface area contributed by atoms with Crippen LogP contribution in [0, 0.1) is 0 Å². The second-order valence-corrected chi connectivity index (χ2v) is 5.95. The number of rotatable bonds is 7. The first-order chi connectivity index (χ1) is 10.1. The highest BCUT2D eigenvalue weighted by atomic mass is 16.5. The lowest BCUT2D eigenvalue weighted by atomic mass is 9.89. The van der Waals surface area contributed by atoms with Gasteiger partial charge in [-0.3, -0.25) is 4.79 Å². The summed E-state index contributed by atoms with van der Waals surface area (Å²) in [6.07, 6.45) is 3.87. The van der Waals surface area contributed by atoms with Gasteiger partial charge in [0.25, 0.3) is 0 Å². The van der Waals surface area contributed by atoms with Gasteiger partial charge in [0.1, 0.15) is 6.04 Å². The van der Waals surface area contributed by atoms with Crippen LogP contribution in [0.1, 0.15) is 50.3 Å². The van der Waals surface area contributed by atoms with Crippen molar-refractivity contribution < 1.29 is 14.6 Å². The van der Waals surface area contributed by atoms with Crippen molar-refractivity contribution >= 4 is 5.97 Å². The Morgan fingerprint density at radius 2 is 2.19 bits per heavy atom. The highest BCUT2D eigenvalue weighted by molar-refractivity contribution is 5.73. The van der Waals surface area contributed by atoms with Gasteiger partial charge in [-0.2, -0.15) is 0 Å². The Bertz CT molecular complexity index is 473.